The van der Waals surface area contributed by atoms with E-state index < -0.39 is 23.2 Å². The van der Waals surface area contributed by atoms with Gasteiger partial charge in [0.15, 0.2) is 0 Å². The van der Waals surface area contributed by atoms with Crippen molar-refractivity contribution in [2.75, 3.05) is 13.2 Å². The van der Waals surface area contributed by atoms with Crippen molar-refractivity contribution in [3.8, 4) is 0 Å². The average Bonchev–Trinajstić information content (AvgIpc) is 2.38. The predicted molar refractivity (Wildman–Crippen MR) is 65.4 cm³/mol. The number of halogens is 4. The van der Waals surface area contributed by atoms with Gasteiger partial charge in [0, 0.05) is 11.0 Å². The van der Waals surface area contributed by atoms with Gasteiger partial charge in [0.2, 0.25) is 0 Å². The van der Waals surface area contributed by atoms with Crippen LogP contribution in [-0.4, -0.2) is 24.1 Å². The zero-order chi connectivity index (χ0) is 14.0. The second-order valence-electron chi connectivity index (χ2n) is 4.14. The number of benzene rings is 1. The van der Waals surface area contributed by atoms with E-state index in [1.807, 2.05) is 0 Å². The number of hydroxylamine groups is 2. The second kappa shape index (κ2) is 5.50. The van der Waals surface area contributed by atoms with Gasteiger partial charge in [-0.3, -0.25) is 9.63 Å². The molecule has 104 valence electrons. The Bertz CT molecular complexity index is 484. The molecule has 3 nitrogen and oxygen atoms in total. The number of nitrogens with zero attached hydrogens (tertiary/aromatic N) is 1. The highest BCUT2D eigenvalue weighted by molar-refractivity contribution is 9.10. The van der Waals surface area contributed by atoms with E-state index in [0.29, 0.717) is 13.2 Å². The summed E-state index contributed by atoms with van der Waals surface area (Å²) >= 11 is 2.98. The number of alkyl halides is 3. The fraction of sp³-hybridized carbons (Fsp3) is 0.417. The molecule has 1 amide bonds. The van der Waals surface area contributed by atoms with Gasteiger partial charge in [0.1, 0.15) is 0 Å². The molecule has 0 atom stereocenters. The minimum atomic E-state index is -4.58. The molecule has 19 heavy (non-hydrogen) atoms. The van der Waals surface area contributed by atoms with Crippen molar-refractivity contribution < 1.29 is 22.8 Å². The van der Waals surface area contributed by atoms with E-state index in [1.165, 1.54) is 6.07 Å². The van der Waals surface area contributed by atoms with E-state index in [9.17, 15) is 18.0 Å². The van der Waals surface area contributed by atoms with Gasteiger partial charge in [-0.2, -0.15) is 13.2 Å². The SMILES string of the molecule is O=C(c1ccc(Br)cc1C(F)(F)F)N1CCCCO1. The number of carbonyl (C=O) groups excluding carboxylic acids is 1. The topological polar surface area (TPSA) is 29.5 Å². The summed E-state index contributed by atoms with van der Waals surface area (Å²) in [5.74, 6) is -0.750. The quantitative estimate of drug-likeness (QED) is 0.783. The highest BCUT2D eigenvalue weighted by Gasteiger charge is 2.36. The number of rotatable bonds is 1. The van der Waals surface area contributed by atoms with E-state index >= 15 is 0 Å². The molecule has 1 heterocycles. The third-order valence-corrected chi connectivity index (χ3v) is 3.24. The van der Waals surface area contributed by atoms with Crippen molar-refractivity contribution in [1.82, 2.24) is 5.06 Å². The highest BCUT2D eigenvalue weighted by atomic mass is 79.9. The van der Waals surface area contributed by atoms with Crippen LogP contribution in [0.15, 0.2) is 22.7 Å². The van der Waals surface area contributed by atoms with E-state index in [4.69, 9.17) is 4.84 Å². The minimum Gasteiger partial charge on any atom is -0.271 e. The number of amides is 1. The third-order valence-electron chi connectivity index (χ3n) is 2.75. The largest absolute Gasteiger partial charge is 0.417 e. The first-order valence-electron chi connectivity index (χ1n) is 5.71. The summed E-state index contributed by atoms with van der Waals surface area (Å²) in [5.41, 5.74) is -1.35. The molecule has 0 aromatic heterocycles. The fourth-order valence-corrected chi connectivity index (χ4v) is 2.19. The first-order valence-corrected chi connectivity index (χ1v) is 6.50. The molecular formula is C12H11BrF3NO2. The molecule has 1 fully saturated rings. The average molecular weight is 338 g/mol. The van der Waals surface area contributed by atoms with Gasteiger partial charge >= 0.3 is 6.18 Å². The Morgan fingerprint density at radius 2 is 2.05 bits per heavy atom. The van der Waals surface area contributed by atoms with E-state index in [1.54, 1.807) is 0 Å². The molecule has 1 saturated heterocycles. The molecule has 0 bridgehead atoms. The standard InChI is InChI=1S/C12H11BrF3NO2/c13-8-3-4-9(10(7-8)12(14,15)16)11(18)17-5-1-2-6-19-17/h3-4,7H,1-2,5-6H2. The molecule has 7 heteroatoms. The van der Waals surface area contributed by atoms with Crippen molar-refractivity contribution in [3.05, 3.63) is 33.8 Å². The van der Waals surface area contributed by atoms with Crippen LogP contribution >= 0.6 is 15.9 Å². The van der Waals surface area contributed by atoms with Gasteiger partial charge in [0.05, 0.1) is 17.7 Å². The monoisotopic (exact) mass is 337 g/mol. The first-order chi connectivity index (χ1) is 8.89. The Hall–Kier alpha value is -1.08. The van der Waals surface area contributed by atoms with Crippen LogP contribution in [0.4, 0.5) is 13.2 Å². The van der Waals surface area contributed by atoms with Crippen LogP contribution in [0.3, 0.4) is 0 Å². The van der Waals surface area contributed by atoms with Crippen LogP contribution in [0.2, 0.25) is 0 Å². The van der Waals surface area contributed by atoms with Crippen molar-refractivity contribution in [2.45, 2.75) is 19.0 Å². The Kier molecular flexibility index (Phi) is 4.15. The lowest BCUT2D eigenvalue weighted by Crippen LogP contribution is -2.36. The lowest BCUT2D eigenvalue weighted by atomic mass is 10.1. The Balaban J connectivity index is 2.35. The van der Waals surface area contributed by atoms with Crippen LogP contribution in [0.1, 0.15) is 28.8 Å². The maximum Gasteiger partial charge on any atom is 0.417 e. The lowest BCUT2D eigenvalue weighted by molar-refractivity contribution is -0.148. The molecule has 1 aromatic rings. The van der Waals surface area contributed by atoms with Crippen LogP contribution in [0, 0.1) is 0 Å². The molecule has 0 spiro atoms. The van der Waals surface area contributed by atoms with Crippen molar-refractivity contribution in [3.63, 3.8) is 0 Å². The molecule has 0 N–H and O–H groups in total. The van der Waals surface area contributed by atoms with Crippen LogP contribution in [-0.2, 0) is 11.0 Å². The van der Waals surface area contributed by atoms with Crippen LogP contribution < -0.4 is 0 Å². The van der Waals surface area contributed by atoms with Crippen molar-refractivity contribution in [1.29, 1.82) is 0 Å². The van der Waals surface area contributed by atoms with Gasteiger partial charge in [0.25, 0.3) is 5.91 Å². The van der Waals surface area contributed by atoms with E-state index in [2.05, 4.69) is 15.9 Å². The lowest BCUT2D eigenvalue weighted by Gasteiger charge is -2.26. The smallest absolute Gasteiger partial charge is 0.271 e. The maximum absolute atomic E-state index is 12.9. The molecule has 0 radical (unpaired) electrons. The van der Waals surface area contributed by atoms with Gasteiger partial charge in [-0.1, -0.05) is 15.9 Å². The number of hydrogen-bond donors (Lipinski definition) is 0. The van der Waals surface area contributed by atoms with Crippen LogP contribution in [0.5, 0.6) is 0 Å². The van der Waals surface area contributed by atoms with Gasteiger partial charge in [-0.15, -0.1) is 0 Å². The van der Waals surface area contributed by atoms with E-state index in [0.717, 1.165) is 30.0 Å². The summed E-state index contributed by atoms with van der Waals surface area (Å²) in [6.45, 7) is 0.663. The summed E-state index contributed by atoms with van der Waals surface area (Å²) in [6.07, 6.45) is -3.05. The maximum atomic E-state index is 12.9. The summed E-state index contributed by atoms with van der Waals surface area (Å²) < 4.78 is 39.0. The van der Waals surface area contributed by atoms with Gasteiger partial charge < -0.3 is 0 Å². The highest BCUT2D eigenvalue weighted by Crippen LogP contribution is 2.34. The molecule has 1 aromatic carbocycles. The summed E-state index contributed by atoms with van der Waals surface area (Å²) in [4.78, 5) is 17.2. The third kappa shape index (κ3) is 3.27. The normalized spacial score (nSPS) is 16.5. The Morgan fingerprint density at radius 1 is 1.32 bits per heavy atom. The van der Waals surface area contributed by atoms with Gasteiger partial charge in [-0.25, -0.2) is 5.06 Å². The predicted octanol–water partition coefficient (Wildman–Crippen LogP) is 3.64. The Morgan fingerprint density at radius 3 is 2.63 bits per heavy atom. The zero-order valence-corrected chi connectivity index (χ0v) is 11.4. The number of carbonyl (C=O) groups is 1. The second-order valence-corrected chi connectivity index (χ2v) is 5.05. The minimum absolute atomic E-state index is 0.274. The van der Waals surface area contributed by atoms with E-state index in [-0.39, 0.29) is 4.47 Å². The van der Waals surface area contributed by atoms with Gasteiger partial charge in [-0.05, 0) is 31.0 Å². The summed E-state index contributed by atoms with van der Waals surface area (Å²) in [6, 6.07) is 3.47. The first kappa shape index (κ1) is 14.3. The molecule has 0 saturated carbocycles. The summed E-state index contributed by atoms with van der Waals surface area (Å²) in [7, 11) is 0. The van der Waals surface area contributed by atoms with Crippen LogP contribution in [0.25, 0.3) is 0 Å². The molecule has 2 rings (SSSR count). The number of hydrogen-bond acceptors (Lipinski definition) is 2. The van der Waals surface area contributed by atoms with Crippen molar-refractivity contribution in [2.24, 2.45) is 0 Å². The molecule has 1 aliphatic heterocycles. The van der Waals surface area contributed by atoms with Crippen molar-refractivity contribution >= 4 is 21.8 Å². The molecular weight excluding hydrogens is 327 g/mol. The molecule has 1 aliphatic rings. The zero-order valence-electron chi connectivity index (χ0n) is 9.84. The molecule has 0 unspecified atom stereocenters. The fourth-order valence-electron chi connectivity index (χ4n) is 1.83. The molecule has 0 aliphatic carbocycles. The Labute approximate surface area is 116 Å². The summed E-state index contributed by atoms with van der Waals surface area (Å²) in [5, 5.41) is 1.00.